The summed E-state index contributed by atoms with van der Waals surface area (Å²) in [5.41, 5.74) is 0.789. The van der Waals surface area contributed by atoms with E-state index in [1.165, 1.54) is 19.3 Å². The van der Waals surface area contributed by atoms with Crippen LogP contribution in [0.15, 0.2) is 29.3 Å². The number of ether oxygens (including phenoxy) is 1. The maximum atomic E-state index is 12.1. The Kier molecular flexibility index (Phi) is 10.5. The largest absolute Gasteiger partial charge is 0.491 e. The van der Waals surface area contributed by atoms with Crippen molar-refractivity contribution in [2.24, 2.45) is 4.99 Å². The Morgan fingerprint density at radius 1 is 1.17 bits per heavy atom. The third-order valence-electron chi connectivity index (χ3n) is 5.02. The number of aliphatic hydroxyl groups is 1. The van der Waals surface area contributed by atoms with Gasteiger partial charge in [-0.2, -0.15) is 0 Å². The Morgan fingerprint density at radius 2 is 1.87 bits per heavy atom. The van der Waals surface area contributed by atoms with Gasteiger partial charge in [0.2, 0.25) is 5.91 Å². The molecule has 1 aromatic rings. The summed E-state index contributed by atoms with van der Waals surface area (Å²) in [6.45, 7) is 7.38. The molecule has 1 aromatic carbocycles. The molecule has 168 valence electrons. The van der Waals surface area contributed by atoms with Crippen LogP contribution in [0.4, 0.5) is 0 Å². The third-order valence-corrected chi connectivity index (χ3v) is 5.02. The van der Waals surface area contributed by atoms with E-state index in [4.69, 9.17) is 4.74 Å². The van der Waals surface area contributed by atoms with Gasteiger partial charge >= 0.3 is 0 Å². The molecule has 0 heterocycles. The molecule has 0 aliphatic heterocycles. The van der Waals surface area contributed by atoms with Crippen LogP contribution < -0.4 is 20.7 Å². The van der Waals surface area contributed by atoms with Crippen molar-refractivity contribution in [3.8, 4) is 5.75 Å². The van der Waals surface area contributed by atoms with Gasteiger partial charge in [0.25, 0.3) is 0 Å². The van der Waals surface area contributed by atoms with Crippen molar-refractivity contribution in [1.29, 1.82) is 0 Å². The third kappa shape index (κ3) is 9.03. The zero-order chi connectivity index (χ0) is 21.8. The number of carbonyl (C=O) groups excluding carboxylic acids is 1. The van der Waals surface area contributed by atoms with E-state index in [0.717, 1.165) is 24.2 Å². The van der Waals surface area contributed by atoms with Crippen LogP contribution in [0, 0.1) is 0 Å². The molecule has 0 saturated heterocycles. The summed E-state index contributed by atoms with van der Waals surface area (Å²) in [6, 6.07) is 7.76. The van der Waals surface area contributed by atoms with Gasteiger partial charge in [-0.1, -0.05) is 31.4 Å². The lowest BCUT2D eigenvalue weighted by Crippen LogP contribution is -2.41. The van der Waals surface area contributed by atoms with Gasteiger partial charge in [0.1, 0.15) is 5.75 Å². The number of nitrogens with zero attached hydrogens (tertiary/aromatic N) is 1. The minimum Gasteiger partial charge on any atom is -0.491 e. The lowest BCUT2D eigenvalue weighted by molar-refractivity contribution is -0.121. The highest BCUT2D eigenvalue weighted by Crippen LogP contribution is 2.19. The standard InChI is InChI=1S/C23H38N4O3/c1-4-24-23(25-15-14-22(29)27-19-8-6-5-7-9-19)26-16-21(28)18-10-12-20(13-11-18)30-17(2)3/h10-13,17,19,21,28H,4-9,14-16H2,1-3H3,(H,27,29)(H2,24,25,26). The summed E-state index contributed by atoms with van der Waals surface area (Å²) >= 11 is 0. The van der Waals surface area contributed by atoms with Gasteiger partial charge in [-0.05, 0) is 51.3 Å². The minimum atomic E-state index is -0.705. The lowest BCUT2D eigenvalue weighted by Gasteiger charge is -2.22. The molecule has 7 heteroatoms. The number of rotatable bonds is 10. The van der Waals surface area contributed by atoms with E-state index < -0.39 is 6.10 Å². The molecule has 2 rings (SSSR count). The summed E-state index contributed by atoms with van der Waals surface area (Å²) in [6.07, 6.45) is 5.68. The molecule has 1 saturated carbocycles. The Bertz CT molecular complexity index is 655. The van der Waals surface area contributed by atoms with Crippen LogP contribution in [-0.2, 0) is 4.79 Å². The second kappa shape index (κ2) is 13.1. The van der Waals surface area contributed by atoms with Gasteiger partial charge < -0.3 is 25.8 Å². The monoisotopic (exact) mass is 418 g/mol. The summed E-state index contributed by atoms with van der Waals surface area (Å²) in [5.74, 6) is 1.46. The number of carbonyl (C=O) groups is 1. The van der Waals surface area contributed by atoms with Crippen molar-refractivity contribution in [2.45, 2.75) is 77.5 Å². The van der Waals surface area contributed by atoms with Crippen molar-refractivity contribution in [2.75, 3.05) is 19.6 Å². The van der Waals surface area contributed by atoms with E-state index in [0.29, 0.717) is 31.5 Å². The van der Waals surface area contributed by atoms with Crippen LogP contribution >= 0.6 is 0 Å². The van der Waals surface area contributed by atoms with E-state index in [1.807, 2.05) is 45.0 Å². The van der Waals surface area contributed by atoms with Gasteiger partial charge in [-0.3, -0.25) is 9.79 Å². The van der Waals surface area contributed by atoms with Crippen LogP contribution in [0.5, 0.6) is 5.75 Å². The average molecular weight is 419 g/mol. The second-order valence-electron chi connectivity index (χ2n) is 8.05. The molecular weight excluding hydrogens is 380 g/mol. The van der Waals surface area contributed by atoms with Crippen molar-refractivity contribution in [1.82, 2.24) is 16.0 Å². The molecule has 1 unspecified atom stereocenters. The molecular formula is C23H38N4O3. The quantitative estimate of drug-likeness (QED) is 0.346. The summed E-state index contributed by atoms with van der Waals surface area (Å²) < 4.78 is 5.63. The molecule has 7 nitrogen and oxygen atoms in total. The second-order valence-corrected chi connectivity index (χ2v) is 8.05. The number of hydrogen-bond acceptors (Lipinski definition) is 4. The lowest BCUT2D eigenvalue weighted by atomic mass is 9.95. The predicted molar refractivity (Wildman–Crippen MR) is 121 cm³/mol. The first kappa shape index (κ1) is 24.0. The first-order valence-corrected chi connectivity index (χ1v) is 11.2. The Labute approximate surface area is 180 Å². The number of amides is 1. The highest BCUT2D eigenvalue weighted by atomic mass is 16.5. The molecule has 1 amide bonds. The van der Waals surface area contributed by atoms with Crippen LogP contribution in [0.3, 0.4) is 0 Å². The molecule has 0 radical (unpaired) electrons. The molecule has 0 aromatic heterocycles. The zero-order valence-corrected chi connectivity index (χ0v) is 18.6. The van der Waals surface area contributed by atoms with E-state index in [2.05, 4.69) is 20.9 Å². The number of aliphatic imine (C=N–C) groups is 1. The number of hydrogen-bond donors (Lipinski definition) is 4. The number of guanidine groups is 1. The van der Waals surface area contributed by atoms with E-state index >= 15 is 0 Å². The van der Waals surface area contributed by atoms with Crippen LogP contribution in [0.2, 0.25) is 0 Å². The van der Waals surface area contributed by atoms with E-state index in [-0.39, 0.29) is 18.6 Å². The first-order chi connectivity index (χ1) is 14.5. The van der Waals surface area contributed by atoms with Crippen LogP contribution in [0.25, 0.3) is 0 Å². The molecule has 30 heavy (non-hydrogen) atoms. The number of nitrogens with one attached hydrogen (secondary N) is 3. The summed E-state index contributed by atoms with van der Waals surface area (Å²) in [4.78, 5) is 16.6. The maximum absolute atomic E-state index is 12.1. The fourth-order valence-corrected chi connectivity index (χ4v) is 3.51. The number of benzene rings is 1. The molecule has 0 bridgehead atoms. The average Bonchev–Trinajstić information content (AvgIpc) is 2.72. The summed E-state index contributed by atoms with van der Waals surface area (Å²) in [7, 11) is 0. The molecule has 0 spiro atoms. The van der Waals surface area contributed by atoms with Gasteiger partial charge in [0.05, 0.1) is 18.8 Å². The maximum Gasteiger partial charge on any atom is 0.221 e. The molecule has 1 aliphatic rings. The van der Waals surface area contributed by atoms with Crippen molar-refractivity contribution < 1.29 is 14.6 Å². The van der Waals surface area contributed by atoms with Crippen LogP contribution in [-0.4, -0.2) is 48.8 Å². The van der Waals surface area contributed by atoms with Gasteiger partial charge in [-0.15, -0.1) is 0 Å². The molecule has 1 atom stereocenters. The number of aliphatic hydroxyl groups excluding tert-OH is 1. The Morgan fingerprint density at radius 3 is 2.50 bits per heavy atom. The first-order valence-electron chi connectivity index (χ1n) is 11.2. The van der Waals surface area contributed by atoms with E-state index in [1.54, 1.807) is 0 Å². The van der Waals surface area contributed by atoms with E-state index in [9.17, 15) is 9.90 Å². The normalized spacial score (nSPS) is 16.2. The smallest absolute Gasteiger partial charge is 0.221 e. The molecule has 1 aliphatic carbocycles. The van der Waals surface area contributed by atoms with Crippen molar-refractivity contribution >= 4 is 11.9 Å². The van der Waals surface area contributed by atoms with Crippen LogP contribution in [0.1, 0.15) is 71.0 Å². The fourth-order valence-electron chi connectivity index (χ4n) is 3.51. The van der Waals surface area contributed by atoms with Crippen molar-refractivity contribution in [3.63, 3.8) is 0 Å². The Hall–Kier alpha value is -2.28. The SMILES string of the molecule is CCNC(=NCC(O)c1ccc(OC(C)C)cc1)NCCC(=O)NC1CCCCC1. The molecule has 1 fully saturated rings. The van der Waals surface area contributed by atoms with Gasteiger partial charge in [0.15, 0.2) is 5.96 Å². The zero-order valence-electron chi connectivity index (χ0n) is 18.6. The highest BCUT2D eigenvalue weighted by molar-refractivity contribution is 5.81. The topological polar surface area (TPSA) is 95.0 Å². The van der Waals surface area contributed by atoms with Gasteiger partial charge in [0, 0.05) is 25.6 Å². The fraction of sp³-hybridized carbons (Fsp3) is 0.652. The summed E-state index contributed by atoms with van der Waals surface area (Å²) in [5, 5.41) is 19.9. The van der Waals surface area contributed by atoms with Gasteiger partial charge in [-0.25, -0.2) is 0 Å². The van der Waals surface area contributed by atoms with Crippen molar-refractivity contribution in [3.05, 3.63) is 29.8 Å². The highest BCUT2D eigenvalue weighted by Gasteiger charge is 2.15. The predicted octanol–water partition coefficient (Wildman–Crippen LogP) is 2.90. The Balaban J connectivity index is 1.77. The minimum absolute atomic E-state index is 0.0778. The molecule has 4 N–H and O–H groups in total.